The molecule has 3 nitrogen and oxygen atoms in total. The van der Waals surface area contributed by atoms with E-state index in [-0.39, 0.29) is 0 Å². The lowest BCUT2D eigenvalue weighted by atomic mass is 10.4. The average molecular weight is 261 g/mol. The van der Waals surface area contributed by atoms with Crippen LogP contribution in [0.4, 0.5) is 5.82 Å². The van der Waals surface area contributed by atoms with Gasteiger partial charge in [-0.05, 0) is 15.9 Å². The van der Waals surface area contributed by atoms with Gasteiger partial charge in [0.05, 0.1) is 4.47 Å². The first-order valence-electron chi connectivity index (χ1n) is 3.59. The van der Waals surface area contributed by atoms with Gasteiger partial charge in [-0.15, -0.1) is 12.3 Å². The zero-order valence-corrected chi connectivity index (χ0v) is 9.06. The molecular weight excluding hydrogens is 253 g/mol. The molecule has 1 N–H and O–H groups in total. The second kappa shape index (κ2) is 5.05. The Labute approximate surface area is 90.1 Å². The maximum atomic E-state index is 5.75. The van der Waals surface area contributed by atoms with Gasteiger partial charge in [-0.1, -0.05) is 11.6 Å². The van der Waals surface area contributed by atoms with E-state index in [2.05, 4.69) is 37.1 Å². The largest absolute Gasteiger partial charge is 0.368 e. The predicted molar refractivity (Wildman–Crippen MR) is 56.7 cm³/mol. The minimum Gasteiger partial charge on any atom is -0.368 e. The SMILES string of the molecule is C#CCCNc1ncnc(Cl)c1Br. The summed E-state index contributed by atoms with van der Waals surface area (Å²) in [6.07, 6.45) is 7.14. The summed E-state index contributed by atoms with van der Waals surface area (Å²) in [5.41, 5.74) is 0. The molecule has 0 radical (unpaired) electrons. The van der Waals surface area contributed by atoms with Gasteiger partial charge in [0.2, 0.25) is 0 Å². The van der Waals surface area contributed by atoms with E-state index in [1.54, 1.807) is 0 Å². The summed E-state index contributed by atoms with van der Waals surface area (Å²) in [4.78, 5) is 7.78. The van der Waals surface area contributed by atoms with Crippen molar-refractivity contribution in [2.75, 3.05) is 11.9 Å². The smallest absolute Gasteiger partial charge is 0.148 e. The first-order valence-corrected chi connectivity index (χ1v) is 4.76. The van der Waals surface area contributed by atoms with E-state index >= 15 is 0 Å². The number of aromatic nitrogens is 2. The van der Waals surface area contributed by atoms with E-state index in [0.29, 0.717) is 28.4 Å². The average Bonchev–Trinajstić information content (AvgIpc) is 2.13. The van der Waals surface area contributed by atoms with Crippen molar-refractivity contribution < 1.29 is 0 Å². The first-order chi connectivity index (χ1) is 6.25. The van der Waals surface area contributed by atoms with Gasteiger partial charge in [0.15, 0.2) is 0 Å². The zero-order valence-electron chi connectivity index (χ0n) is 6.72. The van der Waals surface area contributed by atoms with Crippen molar-refractivity contribution in [2.45, 2.75) is 6.42 Å². The molecule has 0 aliphatic rings. The fraction of sp³-hybridized carbons (Fsp3) is 0.250. The molecule has 0 fully saturated rings. The summed E-state index contributed by atoms with van der Waals surface area (Å²) >= 11 is 9.01. The van der Waals surface area contributed by atoms with Crippen LogP contribution in [0.3, 0.4) is 0 Å². The Balaban J connectivity index is 2.67. The van der Waals surface area contributed by atoms with E-state index in [0.717, 1.165) is 0 Å². The van der Waals surface area contributed by atoms with Crippen LogP contribution in [-0.2, 0) is 0 Å². The highest BCUT2D eigenvalue weighted by Crippen LogP contribution is 2.25. The van der Waals surface area contributed by atoms with Crippen molar-refractivity contribution >= 4 is 33.3 Å². The summed E-state index contributed by atoms with van der Waals surface area (Å²) in [6, 6.07) is 0. The lowest BCUT2D eigenvalue weighted by Gasteiger charge is -2.05. The minimum absolute atomic E-state index is 0.387. The Bertz CT molecular complexity index is 335. The van der Waals surface area contributed by atoms with Gasteiger partial charge in [-0.25, -0.2) is 9.97 Å². The summed E-state index contributed by atoms with van der Waals surface area (Å²) in [7, 11) is 0. The van der Waals surface area contributed by atoms with Crippen LogP contribution in [0, 0.1) is 12.3 Å². The van der Waals surface area contributed by atoms with Crippen molar-refractivity contribution in [1.29, 1.82) is 0 Å². The van der Waals surface area contributed by atoms with Crippen LogP contribution in [0.25, 0.3) is 0 Å². The highest BCUT2D eigenvalue weighted by Gasteiger charge is 2.04. The van der Waals surface area contributed by atoms with Crippen molar-refractivity contribution in [1.82, 2.24) is 9.97 Å². The predicted octanol–water partition coefficient (Wildman–Crippen LogP) is 2.33. The van der Waals surface area contributed by atoms with Crippen LogP contribution in [0.15, 0.2) is 10.8 Å². The zero-order chi connectivity index (χ0) is 9.68. The molecule has 0 aliphatic carbocycles. The molecule has 13 heavy (non-hydrogen) atoms. The number of anilines is 1. The van der Waals surface area contributed by atoms with Crippen LogP contribution < -0.4 is 5.32 Å². The third-order valence-corrected chi connectivity index (χ3v) is 2.57. The maximum absolute atomic E-state index is 5.75. The lowest BCUT2D eigenvalue weighted by molar-refractivity contribution is 1.05. The molecule has 0 amide bonds. The number of rotatable bonds is 3. The molecule has 0 spiro atoms. The fourth-order valence-electron chi connectivity index (χ4n) is 0.725. The third-order valence-electron chi connectivity index (χ3n) is 1.31. The molecule has 0 aliphatic heterocycles. The van der Waals surface area contributed by atoms with Crippen LogP contribution in [0.2, 0.25) is 5.15 Å². The maximum Gasteiger partial charge on any atom is 0.148 e. The topological polar surface area (TPSA) is 37.8 Å². The standard InChI is InChI=1S/C8H7BrClN3/c1-2-3-4-11-8-6(9)7(10)12-5-13-8/h1,5H,3-4H2,(H,11,12,13). The van der Waals surface area contributed by atoms with Gasteiger partial charge in [-0.2, -0.15) is 0 Å². The molecule has 0 atom stereocenters. The molecule has 1 aromatic heterocycles. The van der Waals surface area contributed by atoms with Gasteiger partial charge in [-0.3, -0.25) is 0 Å². The Morgan fingerprint density at radius 1 is 1.62 bits per heavy atom. The van der Waals surface area contributed by atoms with Crippen LogP contribution in [0.1, 0.15) is 6.42 Å². The minimum atomic E-state index is 0.387. The molecule has 0 saturated carbocycles. The molecule has 5 heteroatoms. The van der Waals surface area contributed by atoms with Gasteiger partial charge < -0.3 is 5.32 Å². The molecule has 0 aromatic carbocycles. The number of hydrogen-bond donors (Lipinski definition) is 1. The molecule has 1 aromatic rings. The van der Waals surface area contributed by atoms with Gasteiger partial charge in [0, 0.05) is 13.0 Å². The Hall–Kier alpha value is -0.790. The van der Waals surface area contributed by atoms with E-state index in [1.807, 2.05) is 0 Å². The Kier molecular flexibility index (Phi) is 4.00. The van der Waals surface area contributed by atoms with Crippen LogP contribution in [0.5, 0.6) is 0 Å². The Morgan fingerprint density at radius 2 is 2.38 bits per heavy atom. The second-order valence-corrected chi connectivity index (χ2v) is 3.36. The number of nitrogens with zero attached hydrogens (tertiary/aromatic N) is 2. The fourth-order valence-corrected chi connectivity index (χ4v) is 1.20. The van der Waals surface area contributed by atoms with Crippen molar-refractivity contribution in [3.05, 3.63) is 16.0 Å². The lowest BCUT2D eigenvalue weighted by Crippen LogP contribution is -2.03. The summed E-state index contributed by atoms with van der Waals surface area (Å²) in [5, 5.41) is 3.42. The monoisotopic (exact) mass is 259 g/mol. The van der Waals surface area contributed by atoms with Gasteiger partial charge >= 0.3 is 0 Å². The van der Waals surface area contributed by atoms with E-state index in [1.165, 1.54) is 6.33 Å². The Morgan fingerprint density at radius 3 is 3.08 bits per heavy atom. The van der Waals surface area contributed by atoms with Gasteiger partial charge in [0.25, 0.3) is 0 Å². The van der Waals surface area contributed by atoms with Crippen LogP contribution >= 0.6 is 27.5 Å². The number of terminal acetylenes is 1. The summed E-state index contributed by atoms with van der Waals surface area (Å²) < 4.78 is 0.661. The van der Waals surface area contributed by atoms with Crippen molar-refractivity contribution in [3.63, 3.8) is 0 Å². The molecule has 68 valence electrons. The third kappa shape index (κ3) is 2.87. The first kappa shape index (κ1) is 10.3. The van der Waals surface area contributed by atoms with Crippen molar-refractivity contribution in [3.8, 4) is 12.3 Å². The highest BCUT2D eigenvalue weighted by molar-refractivity contribution is 9.10. The van der Waals surface area contributed by atoms with E-state index in [4.69, 9.17) is 18.0 Å². The highest BCUT2D eigenvalue weighted by atomic mass is 79.9. The number of hydrogen-bond acceptors (Lipinski definition) is 3. The normalized spacial score (nSPS) is 9.31. The molecular formula is C8H7BrClN3. The van der Waals surface area contributed by atoms with E-state index < -0.39 is 0 Å². The molecule has 1 rings (SSSR count). The summed E-state index contributed by atoms with van der Waals surface area (Å²) in [6.45, 7) is 0.669. The van der Waals surface area contributed by atoms with Crippen molar-refractivity contribution in [2.24, 2.45) is 0 Å². The number of nitrogens with one attached hydrogen (secondary N) is 1. The molecule has 0 saturated heterocycles. The van der Waals surface area contributed by atoms with Gasteiger partial charge in [0.1, 0.15) is 17.3 Å². The molecule has 1 heterocycles. The quantitative estimate of drug-likeness (QED) is 0.515. The van der Waals surface area contributed by atoms with E-state index in [9.17, 15) is 0 Å². The number of halogens is 2. The molecule has 0 unspecified atom stereocenters. The second-order valence-electron chi connectivity index (χ2n) is 2.21. The van der Waals surface area contributed by atoms with Crippen LogP contribution in [-0.4, -0.2) is 16.5 Å². The summed E-state index contributed by atoms with van der Waals surface area (Å²) in [5.74, 6) is 3.18. The molecule has 0 bridgehead atoms.